The van der Waals surface area contributed by atoms with Gasteiger partial charge in [0.15, 0.2) is 0 Å². The van der Waals surface area contributed by atoms with E-state index in [1.807, 2.05) is 0 Å². The van der Waals surface area contributed by atoms with E-state index >= 15 is 0 Å². The van der Waals surface area contributed by atoms with Gasteiger partial charge >= 0.3 is 24.1 Å². The first-order valence-corrected chi connectivity index (χ1v) is 17.8. The lowest BCUT2D eigenvalue weighted by Gasteiger charge is -2.09. The van der Waals surface area contributed by atoms with Gasteiger partial charge in [0, 0.05) is 38.8 Å². The van der Waals surface area contributed by atoms with Crippen LogP contribution < -0.4 is 10.6 Å². The molecule has 4 aliphatic rings. The molecule has 2 amide bonds. The molecule has 0 aromatic rings. The van der Waals surface area contributed by atoms with E-state index in [9.17, 15) is 19.2 Å². The van der Waals surface area contributed by atoms with E-state index in [1.165, 1.54) is 0 Å². The Morgan fingerprint density at radius 2 is 0.796 bits per heavy atom. The van der Waals surface area contributed by atoms with Crippen molar-refractivity contribution in [2.45, 2.75) is 64.2 Å². The van der Waals surface area contributed by atoms with Gasteiger partial charge in [-0.3, -0.25) is 9.59 Å². The predicted octanol–water partition coefficient (Wildman–Crippen LogP) is 3.23. The average molecular weight is 689 g/mol. The summed E-state index contributed by atoms with van der Waals surface area (Å²) in [6, 6.07) is 0. The Kier molecular flexibility index (Phi) is 17.4. The molecule has 6 atom stereocenters. The van der Waals surface area contributed by atoms with Crippen molar-refractivity contribution in [2.75, 3.05) is 79.2 Å². The van der Waals surface area contributed by atoms with E-state index in [0.717, 1.165) is 51.4 Å². The van der Waals surface area contributed by atoms with Crippen molar-refractivity contribution in [3.05, 3.63) is 0 Å². The van der Waals surface area contributed by atoms with E-state index < -0.39 is 24.1 Å². The third kappa shape index (κ3) is 15.3. The molecule has 0 aromatic carbocycles. The minimum absolute atomic E-state index is 0.0508. The first-order chi connectivity index (χ1) is 24.0. The summed E-state index contributed by atoms with van der Waals surface area (Å²) in [5, 5.41) is 5.19. The van der Waals surface area contributed by atoms with Crippen LogP contribution >= 0.6 is 0 Å². The zero-order valence-corrected chi connectivity index (χ0v) is 28.5. The second-order valence-corrected chi connectivity index (χ2v) is 12.7. The zero-order valence-electron chi connectivity index (χ0n) is 28.5. The van der Waals surface area contributed by atoms with Crippen molar-refractivity contribution in [2.24, 2.45) is 35.5 Å². The minimum Gasteiger partial charge on any atom is -0.463 e. The molecule has 0 saturated heterocycles. The number of amides is 2. The highest BCUT2D eigenvalue weighted by molar-refractivity contribution is 5.72. The monoisotopic (exact) mass is 688 g/mol. The summed E-state index contributed by atoms with van der Waals surface area (Å²) in [6.07, 6.45) is 7.08. The number of rotatable bonds is 22. The van der Waals surface area contributed by atoms with Crippen molar-refractivity contribution < 1.29 is 52.3 Å². The third-order valence-corrected chi connectivity index (χ3v) is 9.41. The highest BCUT2D eigenvalue weighted by Gasteiger charge is 2.50. The van der Waals surface area contributed by atoms with E-state index in [4.69, 9.17) is 33.2 Å². The quantitative estimate of drug-likeness (QED) is 0.0745. The van der Waals surface area contributed by atoms with Gasteiger partial charge in [0.05, 0.1) is 65.7 Å². The maximum absolute atomic E-state index is 11.9. The fourth-order valence-corrected chi connectivity index (χ4v) is 6.66. The topological polar surface area (TPSA) is 157 Å². The maximum atomic E-state index is 11.9. The maximum Gasteiger partial charge on any atom is 0.407 e. The van der Waals surface area contributed by atoms with Crippen molar-refractivity contribution in [1.29, 1.82) is 0 Å². The van der Waals surface area contributed by atoms with Gasteiger partial charge in [-0.05, 0) is 61.2 Å². The molecule has 13 nitrogen and oxygen atoms in total. The number of hydrogen-bond acceptors (Lipinski definition) is 11. The molecule has 2 saturated carbocycles. The summed E-state index contributed by atoms with van der Waals surface area (Å²) in [5.41, 5.74) is 0. The molecule has 2 unspecified atom stereocenters. The number of alkyl carbamates (subject to hydrolysis) is 2. The van der Waals surface area contributed by atoms with Crippen LogP contribution in [0.3, 0.4) is 0 Å². The Balaban J connectivity index is 0.833. The lowest BCUT2D eigenvalue weighted by Crippen LogP contribution is -2.28. The molecule has 272 valence electrons. The molecule has 4 aliphatic carbocycles. The molecule has 4 rings (SSSR count). The third-order valence-electron chi connectivity index (χ3n) is 9.41. The summed E-state index contributed by atoms with van der Waals surface area (Å²) in [7, 11) is 0. The van der Waals surface area contributed by atoms with Crippen molar-refractivity contribution in [3.63, 3.8) is 0 Å². The second-order valence-electron chi connectivity index (χ2n) is 12.7. The van der Waals surface area contributed by atoms with Gasteiger partial charge in [0.25, 0.3) is 0 Å². The molecule has 13 heteroatoms. The Bertz CT molecular complexity index is 1060. The molecular weight excluding hydrogens is 636 g/mol. The Hall–Kier alpha value is -3.52. The highest BCUT2D eigenvalue weighted by Crippen LogP contribution is 2.53. The Labute approximate surface area is 289 Å². The van der Waals surface area contributed by atoms with Crippen LogP contribution in [-0.4, -0.2) is 103 Å². The van der Waals surface area contributed by atoms with Crippen molar-refractivity contribution in [1.82, 2.24) is 10.6 Å². The lowest BCUT2D eigenvalue weighted by molar-refractivity contribution is -0.145. The molecule has 0 bridgehead atoms. The first-order valence-electron chi connectivity index (χ1n) is 17.8. The van der Waals surface area contributed by atoms with Crippen molar-refractivity contribution >= 4 is 24.1 Å². The van der Waals surface area contributed by atoms with Crippen LogP contribution in [0.1, 0.15) is 64.2 Å². The molecule has 2 fully saturated rings. The van der Waals surface area contributed by atoms with E-state index in [-0.39, 0.29) is 52.4 Å². The number of esters is 2. The van der Waals surface area contributed by atoms with Crippen LogP contribution in [-0.2, 0) is 42.7 Å². The number of carbonyl (C=O) groups excluding carboxylic acids is 4. The molecule has 2 N–H and O–H groups in total. The fraction of sp³-hybridized carbons (Fsp3) is 0.778. The van der Waals surface area contributed by atoms with Crippen LogP contribution in [0.2, 0.25) is 0 Å². The highest BCUT2D eigenvalue weighted by atomic mass is 16.6. The molecule has 0 aliphatic heterocycles. The first kappa shape index (κ1) is 38.3. The summed E-state index contributed by atoms with van der Waals surface area (Å²) in [4.78, 5) is 47.6. The van der Waals surface area contributed by atoms with Crippen LogP contribution in [0.15, 0.2) is 0 Å². The van der Waals surface area contributed by atoms with Gasteiger partial charge in [0.2, 0.25) is 0 Å². The molecule has 0 spiro atoms. The average Bonchev–Trinajstić information content (AvgIpc) is 3.93. The summed E-state index contributed by atoms with van der Waals surface area (Å²) in [6.45, 7) is 3.16. The van der Waals surface area contributed by atoms with Crippen LogP contribution in [0.5, 0.6) is 0 Å². The number of ether oxygens (including phenoxy) is 7. The lowest BCUT2D eigenvalue weighted by atomic mass is 10.1. The molecule has 0 aromatic heterocycles. The minimum atomic E-state index is -0.511. The van der Waals surface area contributed by atoms with Crippen LogP contribution in [0, 0.1) is 59.2 Å². The number of carbonyl (C=O) groups is 4. The van der Waals surface area contributed by atoms with E-state index in [0.29, 0.717) is 75.1 Å². The van der Waals surface area contributed by atoms with Crippen LogP contribution in [0.4, 0.5) is 9.59 Å². The second kappa shape index (κ2) is 22.2. The summed E-state index contributed by atoms with van der Waals surface area (Å²) >= 11 is 0. The molecular formula is C36H52N2O11. The number of hydrogen-bond donors (Lipinski definition) is 2. The largest absolute Gasteiger partial charge is 0.463 e. The normalized spacial score (nSPS) is 24.6. The van der Waals surface area contributed by atoms with Gasteiger partial charge in [-0.15, -0.1) is 23.7 Å². The van der Waals surface area contributed by atoms with Crippen molar-refractivity contribution in [3.8, 4) is 23.7 Å². The Morgan fingerprint density at radius 3 is 1.14 bits per heavy atom. The Morgan fingerprint density at radius 1 is 0.469 bits per heavy atom. The van der Waals surface area contributed by atoms with E-state index in [2.05, 4.69) is 34.3 Å². The zero-order chi connectivity index (χ0) is 34.5. The van der Waals surface area contributed by atoms with Gasteiger partial charge < -0.3 is 43.8 Å². The van der Waals surface area contributed by atoms with Gasteiger partial charge in [-0.25, -0.2) is 9.59 Å². The molecule has 49 heavy (non-hydrogen) atoms. The smallest absolute Gasteiger partial charge is 0.407 e. The standard InChI is InChI=1S/C36H52N2O11/c39-33(13-15-37-35(41)48-25-31-27-9-5-1-2-6-10-28(27)31)46-23-21-44-19-17-43-18-20-45-22-24-47-34(40)14-16-38-36(42)49-26-32-29-11-7-3-4-8-12-30(29)32/h27-32H,5-26H2,(H,37,41)(H,38,42)/t27-,28+,29-,30+,31?,32?. The molecule has 0 radical (unpaired) electrons. The van der Waals surface area contributed by atoms with Gasteiger partial charge in [-0.2, -0.15) is 0 Å². The van der Waals surface area contributed by atoms with Gasteiger partial charge in [-0.1, -0.05) is 0 Å². The summed E-state index contributed by atoms with van der Waals surface area (Å²) in [5.74, 6) is 15.1. The van der Waals surface area contributed by atoms with Gasteiger partial charge in [0.1, 0.15) is 13.2 Å². The fourth-order valence-electron chi connectivity index (χ4n) is 6.66. The SMILES string of the molecule is O=C(CCNC(=O)OCC1[C@H]2CCC#CCC[C@@H]12)OCCOCCOCCOCCOC(=O)CCNC(=O)OCC1[C@H]2CCC#CCC[C@@H]12. The predicted molar refractivity (Wildman–Crippen MR) is 176 cm³/mol. The van der Waals surface area contributed by atoms with Crippen LogP contribution in [0.25, 0.3) is 0 Å². The summed E-state index contributed by atoms with van der Waals surface area (Å²) < 4.78 is 37.0. The molecule has 0 heterocycles. The number of nitrogens with one attached hydrogen (secondary N) is 2. The van der Waals surface area contributed by atoms with E-state index in [1.54, 1.807) is 0 Å². The number of fused-ring (bicyclic) bond motifs is 2.